The molecule has 1 amide bonds. The Bertz CT molecular complexity index is 1430. The molecule has 0 saturated carbocycles. The first-order valence-electron chi connectivity index (χ1n) is 14.2. The van der Waals surface area contributed by atoms with Crippen molar-refractivity contribution in [2.24, 2.45) is 0 Å². The van der Waals surface area contributed by atoms with Gasteiger partial charge in [-0.1, -0.05) is 91.0 Å². The van der Waals surface area contributed by atoms with Crippen molar-refractivity contribution < 1.29 is 33.3 Å². The highest BCUT2D eigenvalue weighted by Crippen LogP contribution is 2.35. The van der Waals surface area contributed by atoms with Gasteiger partial charge in [-0.3, -0.25) is 4.79 Å². The molecule has 1 aliphatic heterocycles. The highest BCUT2D eigenvalue weighted by molar-refractivity contribution is 6.05. The summed E-state index contributed by atoms with van der Waals surface area (Å²) in [6.07, 6.45) is -1.48. The minimum atomic E-state index is -0.795. The summed E-state index contributed by atoms with van der Waals surface area (Å²) in [6.45, 7) is 0.515. The lowest BCUT2D eigenvalue weighted by Crippen LogP contribution is -2.71. The van der Waals surface area contributed by atoms with E-state index in [4.69, 9.17) is 23.7 Å². The van der Waals surface area contributed by atoms with Gasteiger partial charge in [0.15, 0.2) is 6.10 Å². The minimum Gasteiger partial charge on any atom is -0.497 e. The van der Waals surface area contributed by atoms with E-state index in [0.717, 1.165) is 16.7 Å². The number of hydrogen-bond donors (Lipinski definition) is 0. The van der Waals surface area contributed by atoms with Gasteiger partial charge in [-0.05, 0) is 41.0 Å². The Kier molecular flexibility index (Phi) is 10.5. The number of rotatable bonds is 15. The van der Waals surface area contributed by atoms with E-state index in [-0.39, 0.29) is 32.3 Å². The molecular weight excluding hydrogens is 546 g/mol. The van der Waals surface area contributed by atoms with Crippen LogP contribution in [-0.4, -0.2) is 50.4 Å². The van der Waals surface area contributed by atoms with Crippen LogP contribution in [0.5, 0.6) is 5.75 Å². The smallest absolute Gasteiger partial charge is 0.332 e. The number of amides is 1. The maximum Gasteiger partial charge on any atom is 0.332 e. The molecule has 5 rings (SSSR count). The van der Waals surface area contributed by atoms with Gasteiger partial charge >= 0.3 is 5.97 Å². The summed E-state index contributed by atoms with van der Waals surface area (Å²) in [6, 6.07) is 35.6. The third-order valence-corrected chi connectivity index (χ3v) is 7.14. The number of anilines is 1. The van der Waals surface area contributed by atoms with Gasteiger partial charge in [0.2, 0.25) is 0 Å². The van der Waals surface area contributed by atoms with E-state index >= 15 is 0 Å². The Balaban J connectivity index is 1.32. The van der Waals surface area contributed by atoms with E-state index in [0.29, 0.717) is 18.0 Å². The van der Waals surface area contributed by atoms with Crippen LogP contribution >= 0.6 is 0 Å². The molecule has 4 aromatic rings. The Hall–Kier alpha value is -4.50. The van der Waals surface area contributed by atoms with Gasteiger partial charge in [-0.15, -0.1) is 0 Å². The zero-order valence-corrected chi connectivity index (χ0v) is 24.0. The maximum absolute atomic E-state index is 13.5. The number of esters is 1. The van der Waals surface area contributed by atoms with Crippen LogP contribution in [-0.2, 0) is 48.4 Å². The average Bonchev–Trinajstić information content (AvgIpc) is 3.06. The number of methoxy groups -OCH3 is 1. The molecule has 0 aromatic heterocycles. The second-order valence-electron chi connectivity index (χ2n) is 10.1. The van der Waals surface area contributed by atoms with Crippen LogP contribution in [0.2, 0.25) is 0 Å². The molecule has 1 aliphatic rings. The van der Waals surface area contributed by atoms with Crippen molar-refractivity contribution in [1.82, 2.24) is 0 Å². The topological polar surface area (TPSA) is 83.5 Å². The van der Waals surface area contributed by atoms with Crippen LogP contribution in [0.3, 0.4) is 0 Å². The number of β-lactam (4-membered cyclic amide) rings is 1. The number of carbonyl (C=O) groups is 2. The number of hydrogen-bond acceptors (Lipinski definition) is 7. The first-order chi connectivity index (χ1) is 21.1. The number of ether oxygens (including phenoxy) is 5. The summed E-state index contributed by atoms with van der Waals surface area (Å²) in [5.74, 6) is -0.0453. The largest absolute Gasteiger partial charge is 0.497 e. The van der Waals surface area contributed by atoms with Crippen molar-refractivity contribution in [3.8, 4) is 5.75 Å². The normalized spacial score (nSPS) is 16.8. The van der Waals surface area contributed by atoms with Crippen LogP contribution < -0.4 is 9.64 Å². The lowest BCUT2D eigenvalue weighted by Gasteiger charge is -2.49. The van der Waals surface area contributed by atoms with Crippen molar-refractivity contribution in [3.63, 3.8) is 0 Å². The fraction of sp³-hybridized carbons (Fsp3) is 0.257. The lowest BCUT2D eigenvalue weighted by molar-refractivity contribution is -0.163. The Morgan fingerprint density at radius 3 is 1.88 bits per heavy atom. The van der Waals surface area contributed by atoms with Crippen LogP contribution in [0.1, 0.15) is 16.7 Å². The molecule has 222 valence electrons. The minimum absolute atomic E-state index is 0.0871. The second-order valence-corrected chi connectivity index (χ2v) is 10.1. The van der Waals surface area contributed by atoms with E-state index in [2.05, 4.69) is 0 Å². The zero-order chi connectivity index (χ0) is 29.9. The van der Waals surface area contributed by atoms with Crippen molar-refractivity contribution in [2.45, 2.75) is 38.1 Å². The molecule has 0 spiro atoms. The predicted octanol–water partition coefficient (Wildman–Crippen LogP) is 5.34. The number of nitrogens with zero attached hydrogens (tertiary/aromatic N) is 1. The second kappa shape index (κ2) is 15.1. The first-order valence-corrected chi connectivity index (χ1v) is 14.2. The fourth-order valence-corrected chi connectivity index (χ4v) is 4.88. The fourth-order valence-electron chi connectivity index (χ4n) is 4.88. The molecule has 0 radical (unpaired) electrons. The van der Waals surface area contributed by atoms with Crippen molar-refractivity contribution in [2.75, 3.05) is 25.2 Å². The standard InChI is InChI=1S/C35H35NO7/c1-39-30-19-17-29(18-20-30)36-33(34(35(36)38)43-23-28-15-9-4-10-16-28)31(41-22-27-13-7-3-8-14-27)24-42-32(37)25-40-21-26-11-5-2-6-12-26/h2-20,31,33-34H,21-25H2,1H3/t31-,33+,34-/m0/s1. The van der Waals surface area contributed by atoms with E-state index in [9.17, 15) is 9.59 Å². The Morgan fingerprint density at radius 1 is 0.744 bits per heavy atom. The van der Waals surface area contributed by atoms with E-state index in [1.807, 2.05) is 103 Å². The molecule has 0 N–H and O–H groups in total. The quantitative estimate of drug-likeness (QED) is 0.138. The molecule has 0 bridgehead atoms. The van der Waals surface area contributed by atoms with Gasteiger partial charge < -0.3 is 28.6 Å². The van der Waals surface area contributed by atoms with Gasteiger partial charge in [0, 0.05) is 5.69 Å². The maximum atomic E-state index is 13.5. The average molecular weight is 582 g/mol. The molecule has 8 heteroatoms. The summed E-state index contributed by atoms with van der Waals surface area (Å²) in [5, 5.41) is 0. The molecule has 0 unspecified atom stereocenters. The third-order valence-electron chi connectivity index (χ3n) is 7.14. The first kappa shape index (κ1) is 30.0. The van der Waals surface area contributed by atoms with E-state index in [1.165, 1.54) is 0 Å². The molecule has 0 aliphatic carbocycles. The molecule has 43 heavy (non-hydrogen) atoms. The van der Waals surface area contributed by atoms with Gasteiger partial charge in [0.25, 0.3) is 5.91 Å². The molecule has 8 nitrogen and oxygen atoms in total. The third kappa shape index (κ3) is 8.08. The van der Waals surface area contributed by atoms with Crippen LogP contribution in [0, 0.1) is 0 Å². The number of carbonyl (C=O) groups excluding carboxylic acids is 2. The molecular formula is C35H35NO7. The van der Waals surface area contributed by atoms with Gasteiger partial charge in [-0.2, -0.15) is 0 Å². The van der Waals surface area contributed by atoms with Crippen LogP contribution in [0.25, 0.3) is 0 Å². The highest BCUT2D eigenvalue weighted by atomic mass is 16.6. The van der Waals surface area contributed by atoms with Crippen LogP contribution in [0.15, 0.2) is 115 Å². The van der Waals surface area contributed by atoms with E-state index in [1.54, 1.807) is 24.1 Å². The van der Waals surface area contributed by atoms with Crippen molar-refractivity contribution >= 4 is 17.6 Å². The summed E-state index contributed by atoms with van der Waals surface area (Å²) >= 11 is 0. The summed E-state index contributed by atoms with van der Waals surface area (Å²) in [7, 11) is 1.59. The SMILES string of the molecule is COc1ccc(N2C(=O)[C@@H](OCc3ccccc3)[C@H]2[C@H](COC(=O)COCc2ccccc2)OCc2ccccc2)cc1. The van der Waals surface area contributed by atoms with Crippen LogP contribution in [0.4, 0.5) is 5.69 Å². The molecule has 1 saturated heterocycles. The van der Waals surface area contributed by atoms with Gasteiger partial charge in [0.05, 0.1) is 26.9 Å². The lowest BCUT2D eigenvalue weighted by atomic mass is 9.91. The molecule has 1 heterocycles. The van der Waals surface area contributed by atoms with Crippen molar-refractivity contribution in [1.29, 1.82) is 0 Å². The molecule has 1 fully saturated rings. The predicted molar refractivity (Wildman–Crippen MR) is 161 cm³/mol. The summed E-state index contributed by atoms with van der Waals surface area (Å²) < 4.78 is 29.1. The summed E-state index contributed by atoms with van der Waals surface area (Å²) in [4.78, 5) is 27.9. The Morgan fingerprint density at radius 2 is 1.30 bits per heavy atom. The monoisotopic (exact) mass is 581 g/mol. The highest BCUT2D eigenvalue weighted by Gasteiger charge is 2.53. The Labute approximate surface area is 251 Å². The zero-order valence-electron chi connectivity index (χ0n) is 24.0. The van der Waals surface area contributed by atoms with Gasteiger partial charge in [-0.25, -0.2) is 4.79 Å². The van der Waals surface area contributed by atoms with Crippen molar-refractivity contribution in [3.05, 3.63) is 132 Å². The van der Waals surface area contributed by atoms with Gasteiger partial charge in [0.1, 0.15) is 31.1 Å². The molecule has 4 aromatic carbocycles. The molecule has 3 atom stereocenters. The van der Waals surface area contributed by atoms with E-state index < -0.39 is 24.2 Å². The summed E-state index contributed by atoms with van der Waals surface area (Å²) in [5.41, 5.74) is 3.52. The number of benzene rings is 4.